The van der Waals surface area contributed by atoms with Crippen LogP contribution in [0, 0.1) is 11.3 Å². The van der Waals surface area contributed by atoms with Gasteiger partial charge < -0.3 is 19.5 Å². The molecule has 30 heavy (non-hydrogen) atoms. The van der Waals surface area contributed by atoms with Gasteiger partial charge >= 0.3 is 5.97 Å². The summed E-state index contributed by atoms with van der Waals surface area (Å²) < 4.78 is 16.0. The van der Waals surface area contributed by atoms with E-state index >= 15 is 0 Å². The summed E-state index contributed by atoms with van der Waals surface area (Å²) >= 11 is 0. The molecular weight excluding hydrogens is 388 g/mol. The minimum absolute atomic E-state index is 0.0654. The fraction of sp³-hybridized carbons (Fsp3) is 0.273. The zero-order valence-electron chi connectivity index (χ0n) is 16.3. The van der Waals surface area contributed by atoms with Gasteiger partial charge in [-0.15, -0.1) is 0 Å². The molecule has 0 saturated heterocycles. The topological polar surface area (TPSA) is 115 Å². The van der Waals surface area contributed by atoms with Crippen LogP contribution in [-0.4, -0.2) is 37.0 Å². The Labute approximate surface area is 173 Å². The van der Waals surface area contributed by atoms with Gasteiger partial charge in [-0.2, -0.15) is 5.26 Å². The maximum Gasteiger partial charge on any atom is 0.307 e. The molecule has 0 aromatic heterocycles. The van der Waals surface area contributed by atoms with Crippen molar-refractivity contribution in [1.29, 1.82) is 5.26 Å². The minimum Gasteiger partial charge on any atom is -0.486 e. The molecule has 0 spiro atoms. The number of nitrogens with one attached hydrogen (secondary N) is 1. The highest BCUT2D eigenvalue weighted by Crippen LogP contribution is 2.31. The van der Waals surface area contributed by atoms with Crippen molar-refractivity contribution < 1.29 is 28.6 Å². The number of hydrogen-bond donors (Lipinski definition) is 1. The van der Waals surface area contributed by atoms with Crippen LogP contribution >= 0.6 is 0 Å². The van der Waals surface area contributed by atoms with E-state index in [4.69, 9.17) is 19.5 Å². The van der Waals surface area contributed by atoms with Crippen LogP contribution in [0.5, 0.6) is 11.5 Å². The summed E-state index contributed by atoms with van der Waals surface area (Å²) in [6, 6.07) is 13.3. The molecule has 0 bridgehead atoms. The predicted octanol–water partition coefficient (Wildman–Crippen LogP) is 2.86. The Morgan fingerprint density at radius 3 is 2.60 bits per heavy atom. The van der Waals surface area contributed by atoms with E-state index in [1.165, 1.54) is 6.92 Å². The molecule has 1 N–H and O–H groups in total. The van der Waals surface area contributed by atoms with Gasteiger partial charge in [-0.25, -0.2) is 0 Å². The van der Waals surface area contributed by atoms with E-state index in [2.05, 4.69) is 5.32 Å². The first kappa shape index (κ1) is 20.9. The number of nitrogens with zero attached hydrogens (tertiary/aromatic N) is 1. The van der Waals surface area contributed by atoms with Gasteiger partial charge in [0.25, 0.3) is 5.91 Å². The molecule has 0 aliphatic carbocycles. The maximum absolute atomic E-state index is 12.4. The van der Waals surface area contributed by atoms with Crippen molar-refractivity contribution >= 4 is 23.3 Å². The molecule has 1 unspecified atom stereocenters. The van der Waals surface area contributed by atoms with E-state index in [0.29, 0.717) is 41.5 Å². The number of rotatable bonds is 7. The Kier molecular flexibility index (Phi) is 6.65. The molecule has 2 aromatic rings. The number of fused-ring (bicyclic) bond motifs is 1. The van der Waals surface area contributed by atoms with Crippen molar-refractivity contribution in [3.63, 3.8) is 0 Å². The van der Waals surface area contributed by atoms with Crippen LogP contribution in [-0.2, 0) is 14.3 Å². The Morgan fingerprint density at radius 1 is 1.10 bits per heavy atom. The zero-order chi connectivity index (χ0) is 21.5. The second kappa shape index (κ2) is 9.56. The number of amides is 1. The van der Waals surface area contributed by atoms with Crippen LogP contribution in [0.25, 0.3) is 0 Å². The van der Waals surface area contributed by atoms with Gasteiger partial charge in [-0.3, -0.25) is 14.4 Å². The van der Waals surface area contributed by atoms with Crippen molar-refractivity contribution in [3.8, 4) is 17.6 Å². The van der Waals surface area contributed by atoms with Crippen LogP contribution < -0.4 is 14.8 Å². The van der Waals surface area contributed by atoms with Crippen LogP contribution in [0.2, 0.25) is 0 Å². The number of ketones is 1. The highest BCUT2D eigenvalue weighted by atomic mass is 16.6. The summed E-state index contributed by atoms with van der Waals surface area (Å²) in [6.45, 7) is 2.29. The third-order valence-electron chi connectivity index (χ3n) is 4.40. The number of Topliss-reactive ketones (excluding diaryl/α,β-unsaturated/α-hetero) is 1. The molecule has 1 aliphatic heterocycles. The van der Waals surface area contributed by atoms with E-state index in [9.17, 15) is 14.4 Å². The van der Waals surface area contributed by atoms with E-state index in [0.717, 1.165) is 0 Å². The first-order valence-electron chi connectivity index (χ1n) is 9.40. The number of hydrogen-bond acceptors (Lipinski definition) is 7. The number of ether oxygens (including phenoxy) is 3. The second-order valence-corrected chi connectivity index (χ2v) is 6.56. The molecule has 0 fully saturated rings. The predicted molar refractivity (Wildman–Crippen MR) is 106 cm³/mol. The van der Waals surface area contributed by atoms with Gasteiger partial charge in [-0.1, -0.05) is 12.1 Å². The zero-order valence-corrected chi connectivity index (χ0v) is 16.3. The summed E-state index contributed by atoms with van der Waals surface area (Å²) in [5.74, 6) is -0.405. The first-order chi connectivity index (χ1) is 14.5. The third kappa shape index (κ3) is 5.14. The van der Waals surface area contributed by atoms with Crippen molar-refractivity contribution in [2.24, 2.45) is 0 Å². The number of benzene rings is 2. The molecule has 1 aliphatic rings. The largest absolute Gasteiger partial charge is 0.486 e. The molecule has 8 heteroatoms. The van der Waals surface area contributed by atoms with Crippen molar-refractivity contribution in [3.05, 3.63) is 53.6 Å². The smallest absolute Gasteiger partial charge is 0.307 e. The van der Waals surface area contributed by atoms with E-state index < -0.39 is 18.0 Å². The number of carbonyl (C=O) groups excluding carboxylic acids is 3. The molecule has 3 rings (SSSR count). The summed E-state index contributed by atoms with van der Waals surface area (Å²) in [7, 11) is 0. The van der Waals surface area contributed by atoms with Crippen molar-refractivity contribution in [2.45, 2.75) is 25.9 Å². The average molecular weight is 408 g/mol. The quantitative estimate of drug-likeness (QED) is 0.553. The lowest BCUT2D eigenvalue weighted by atomic mass is 10.1. The van der Waals surface area contributed by atoms with Crippen LogP contribution in [0.4, 0.5) is 5.69 Å². The van der Waals surface area contributed by atoms with Crippen LogP contribution in [0.15, 0.2) is 42.5 Å². The third-order valence-corrected chi connectivity index (χ3v) is 4.40. The molecule has 1 heterocycles. The van der Waals surface area contributed by atoms with E-state index in [1.54, 1.807) is 42.5 Å². The fourth-order valence-electron chi connectivity index (χ4n) is 2.81. The number of esters is 1. The Hall–Kier alpha value is -3.86. The fourth-order valence-corrected chi connectivity index (χ4v) is 2.81. The number of anilines is 1. The van der Waals surface area contributed by atoms with Gasteiger partial charge in [0.15, 0.2) is 23.4 Å². The summed E-state index contributed by atoms with van der Waals surface area (Å²) in [5.41, 5.74) is 1.04. The standard InChI is InChI=1S/C22H20N2O6/c1-14(22(27)24-17-5-3-2-4-16(17)13-23)30-21(26)9-7-18(25)15-6-8-19-20(12-15)29-11-10-28-19/h2-6,8,12,14H,7,9-11H2,1H3,(H,24,27). The average Bonchev–Trinajstić information content (AvgIpc) is 2.77. The maximum atomic E-state index is 12.4. The number of carbonyl (C=O) groups is 3. The minimum atomic E-state index is -1.08. The second-order valence-electron chi connectivity index (χ2n) is 6.56. The van der Waals surface area contributed by atoms with Crippen molar-refractivity contribution in [1.82, 2.24) is 0 Å². The highest BCUT2D eigenvalue weighted by Gasteiger charge is 2.20. The number of para-hydroxylation sites is 1. The monoisotopic (exact) mass is 408 g/mol. The molecule has 1 amide bonds. The van der Waals surface area contributed by atoms with E-state index in [1.807, 2.05) is 6.07 Å². The van der Waals surface area contributed by atoms with E-state index in [-0.39, 0.29) is 18.6 Å². The molecule has 8 nitrogen and oxygen atoms in total. The molecular formula is C22H20N2O6. The van der Waals surface area contributed by atoms with Crippen LogP contribution in [0.3, 0.4) is 0 Å². The molecule has 154 valence electrons. The number of nitriles is 1. The van der Waals surface area contributed by atoms with Gasteiger partial charge in [0.1, 0.15) is 19.3 Å². The molecule has 2 aromatic carbocycles. The SMILES string of the molecule is CC(OC(=O)CCC(=O)c1ccc2c(c1)OCCO2)C(=O)Nc1ccccc1C#N. The lowest BCUT2D eigenvalue weighted by Crippen LogP contribution is -2.30. The lowest BCUT2D eigenvalue weighted by molar-refractivity contribution is -0.153. The summed E-state index contributed by atoms with van der Waals surface area (Å²) in [4.78, 5) is 36.6. The molecule has 0 radical (unpaired) electrons. The summed E-state index contributed by atoms with van der Waals surface area (Å²) in [5, 5.41) is 11.6. The van der Waals surface area contributed by atoms with Crippen molar-refractivity contribution in [2.75, 3.05) is 18.5 Å². The molecule has 1 atom stereocenters. The van der Waals surface area contributed by atoms with Gasteiger partial charge in [-0.05, 0) is 37.3 Å². The first-order valence-corrected chi connectivity index (χ1v) is 9.40. The molecule has 0 saturated carbocycles. The summed E-state index contributed by atoms with van der Waals surface area (Å²) in [6.07, 6.45) is -1.31. The van der Waals surface area contributed by atoms with Gasteiger partial charge in [0, 0.05) is 12.0 Å². The lowest BCUT2D eigenvalue weighted by Gasteiger charge is -2.18. The Morgan fingerprint density at radius 2 is 1.83 bits per heavy atom. The van der Waals surface area contributed by atoms with Crippen LogP contribution in [0.1, 0.15) is 35.7 Å². The normalized spacial score (nSPS) is 12.9. The Bertz CT molecular complexity index is 1010. The Balaban J connectivity index is 1.49. The van der Waals surface area contributed by atoms with Gasteiger partial charge in [0.2, 0.25) is 0 Å². The van der Waals surface area contributed by atoms with Gasteiger partial charge in [0.05, 0.1) is 17.7 Å². The highest BCUT2D eigenvalue weighted by molar-refractivity contribution is 5.99.